The normalized spacial score (nSPS) is 17.0. The highest BCUT2D eigenvalue weighted by molar-refractivity contribution is 6.30. The Labute approximate surface area is 309 Å². The van der Waals surface area contributed by atoms with Gasteiger partial charge in [-0.2, -0.15) is 0 Å². The molecule has 3 aromatic rings. The van der Waals surface area contributed by atoms with Crippen molar-refractivity contribution in [3.8, 4) is 0 Å². The smallest absolute Gasteiger partial charge is 0.245 e. The number of amides is 2. The molecular formula is C34H47Cl5N6O2. The predicted octanol–water partition coefficient (Wildman–Crippen LogP) is 5.39. The van der Waals surface area contributed by atoms with E-state index < -0.39 is 6.04 Å². The van der Waals surface area contributed by atoms with Gasteiger partial charge in [-0.15, -0.1) is 49.6 Å². The van der Waals surface area contributed by atoms with Gasteiger partial charge in [0, 0.05) is 56.9 Å². The third-order valence-electron chi connectivity index (χ3n) is 8.79. The lowest BCUT2D eigenvalue weighted by Gasteiger charge is -2.41. The molecule has 2 aliphatic heterocycles. The van der Waals surface area contributed by atoms with Crippen LogP contribution in [-0.2, 0) is 29.0 Å². The molecule has 8 nitrogen and oxygen atoms in total. The van der Waals surface area contributed by atoms with Gasteiger partial charge in [0.2, 0.25) is 11.8 Å². The Morgan fingerprint density at radius 1 is 0.915 bits per heavy atom. The number of rotatable bonds is 11. The van der Waals surface area contributed by atoms with Gasteiger partial charge in [-0.3, -0.25) is 19.5 Å². The largest absolute Gasteiger partial charge is 0.343 e. The highest BCUT2D eigenvalue weighted by Crippen LogP contribution is 2.23. The molecule has 1 aromatic heterocycles. The highest BCUT2D eigenvalue weighted by Gasteiger charge is 2.34. The highest BCUT2D eigenvalue weighted by atomic mass is 35.5. The van der Waals surface area contributed by atoms with Crippen molar-refractivity contribution in [2.75, 3.05) is 45.8 Å². The summed E-state index contributed by atoms with van der Waals surface area (Å²) in [5.74, 6) is -0.188. The van der Waals surface area contributed by atoms with E-state index in [0.717, 1.165) is 44.0 Å². The lowest BCUT2D eigenvalue weighted by Crippen LogP contribution is -2.58. The first-order valence-electron chi connectivity index (χ1n) is 15.5. The molecule has 13 heteroatoms. The SMILES string of the molecule is CCN(CC)CC(c1ccccn1)N1CCN(C(=O)C(Cc2ccc(Cl)cc2)NC(=O)C2Cc3ccccc3CN2)CC1.Cl.Cl.Cl.Cl. The van der Waals surface area contributed by atoms with Crippen LogP contribution in [0.15, 0.2) is 72.9 Å². The van der Waals surface area contributed by atoms with E-state index in [9.17, 15) is 9.59 Å². The van der Waals surface area contributed by atoms with Crippen molar-refractivity contribution in [3.63, 3.8) is 0 Å². The Kier molecular flexibility index (Phi) is 19.2. The fraction of sp³-hybridized carbons (Fsp3) is 0.441. The number of aromatic nitrogens is 1. The van der Waals surface area contributed by atoms with Gasteiger partial charge in [0.05, 0.1) is 17.8 Å². The van der Waals surface area contributed by atoms with E-state index in [1.54, 1.807) is 0 Å². The molecule has 47 heavy (non-hydrogen) atoms. The van der Waals surface area contributed by atoms with Gasteiger partial charge in [0.15, 0.2) is 0 Å². The monoisotopic (exact) mass is 746 g/mol. The van der Waals surface area contributed by atoms with Crippen LogP contribution in [0, 0.1) is 0 Å². The van der Waals surface area contributed by atoms with Crippen LogP contribution in [0.25, 0.3) is 0 Å². The Morgan fingerprint density at radius 2 is 1.55 bits per heavy atom. The summed E-state index contributed by atoms with van der Waals surface area (Å²) in [6, 6.07) is 20.9. The summed E-state index contributed by atoms with van der Waals surface area (Å²) in [5.41, 5.74) is 4.40. The minimum atomic E-state index is -0.665. The Bertz CT molecular complexity index is 1360. The number of piperazine rings is 1. The Hall–Kier alpha value is -2.14. The first-order chi connectivity index (χ1) is 20.9. The van der Waals surface area contributed by atoms with Crippen LogP contribution < -0.4 is 10.6 Å². The van der Waals surface area contributed by atoms with E-state index in [1.165, 1.54) is 11.1 Å². The summed E-state index contributed by atoms with van der Waals surface area (Å²) in [6.07, 6.45) is 2.86. The third-order valence-corrected chi connectivity index (χ3v) is 9.04. The molecular weight excluding hydrogens is 702 g/mol. The van der Waals surface area contributed by atoms with E-state index in [1.807, 2.05) is 59.6 Å². The van der Waals surface area contributed by atoms with Crippen LogP contribution in [0.2, 0.25) is 5.02 Å². The van der Waals surface area contributed by atoms with Gasteiger partial charge in [0.25, 0.3) is 0 Å². The number of halogens is 5. The van der Waals surface area contributed by atoms with Crippen molar-refractivity contribution >= 4 is 73.0 Å². The Morgan fingerprint density at radius 3 is 2.17 bits per heavy atom. The molecule has 1 fully saturated rings. The van der Waals surface area contributed by atoms with Crippen molar-refractivity contribution in [1.29, 1.82) is 0 Å². The van der Waals surface area contributed by atoms with Gasteiger partial charge in [0.1, 0.15) is 6.04 Å². The zero-order chi connectivity index (χ0) is 30.2. The first kappa shape index (κ1) is 42.9. The third kappa shape index (κ3) is 11.5. The molecule has 3 atom stereocenters. The molecule has 2 aromatic carbocycles. The number of hydrogen-bond donors (Lipinski definition) is 2. The zero-order valence-electron chi connectivity index (χ0n) is 26.8. The van der Waals surface area contributed by atoms with E-state index in [-0.39, 0.29) is 73.5 Å². The molecule has 0 bridgehead atoms. The molecule has 2 aliphatic rings. The summed E-state index contributed by atoms with van der Waals surface area (Å²) in [6.45, 7) is 10.6. The second-order valence-electron chi connectivity index (χ2n) is 11.4. The molecule has 5 rings (SSSR count). The maximum Gasteiger partial charge on any atom is 0.245 e. The van der Waals surface area contributed by atoms with Crippen LogP contribution in [0.5, 0.6) is 0 Å². The minimum Gasteiger partial charge on any atom is -0.343 e. The van der Waals surface area contributed by atoms with Crippen LogP contribution in [0.4, 0.5) is 0 Å². The summed E-state index contributed by atoms with van der Waals surface area (Å²) in [7, 11) is 0. The van der Waals surface area contributed by atoms with Crippen molar-refractivity contribution in [3.05, 3.63) is 100 Å². The Balaban J connectivity index is 0.00000276. The zero-order valence-corrected chi connectivity index (χ0v) is 30.9. The number of benzene rings is 2. The maximum atomic E-state index is 14.0. The average Bonchev–Trinajstić information content (AvgIpc) is 3.06. The summed E-state index contributed by atoms with van der Waals surface area (Å²) in [4.78, 5) is 39.0. The van der Waals surface area contributed by atoms with Crippen molar-refractivity contribution in [2.24, 2.45) is 0 Å². The number of carbonyl (C=O) groups excluding carboxylic acids is 2. The molecule has 3 unspecified atom stereocenters. The lowest BCUT2D eigenvalue weighted by atomic mass is 9.95. The second kappa shape index (κ2) is 21.1. The van der Waals surface area contributed by atoms with Crippen LogP contribution in [0.3, 0.4) is 0 Å². The number of carbonyl (C=O) groups is 2. The second-order valence-corrected chi connectivity index (χ2v) is 11.9. The van der Waals surface area contributed by atoms with E-state index in [4.69, 9.17) is 16.6 Å². The van der Waals surface area contributed by atoms with E-state index >= 15 is 0 Å². The number of nitrogens with one attached hydrogen (secondary N) is 2. The van der Waals surface area contributed by atoms with Gasteiger partial charge in [-0.05, 0) is 60.5 Å². The quantitative estimate of drug-likeness (QED) is 0.274. The topological polar surface area (TPSA) is 80.8 Å². The summed E-state index contributed by atoms with van der Waals surface area (Å²) < 4.78 is 0. The number of likely N-dealkylation sites (N-methyl/N-ethyl adjacent to an activating group) is 1. The van der Waals surface area contributed by atoms with Crippen molar-refractivity contribution in [2.45, 2.75) is 51.4 Å². The van der Waals surface area contributed by atoms with Gasteiger partial charge in [-0.1, -0.05) is 67.9 Å². The fourth-order valence-electron chi connectivity index (χ4n) is 6.14. The molecule has 0 aliphatic carbocycles. The van der Waals surface area contributed by atoms with E-state index in [2.05, 4.69) is 52.5 Å². The molecule has 2 amide bonds. The fourth-order valence-corrected chi connectivity index (χ4v) is 6.26. The van der Waals surface area contributed by atoms with Crippen molar-refractivity contribution < 1.29 is 9.59 Å². The van der Waals surface area contributed by atoms with Gasteiger partial charge < -0.3 is 20.4 Å². The first-order valence-corrected chi connectivity index (χ1v) is 15.8. The minimum absolute atomic E-state index is 0. The summed E-state index contributed by atoms with van der Waals surface area (Å²) >= 11 is 6.13. The van der Waals surface area contributed by atoms with Gasteiger partial charge in [-0.25, -0.2) is 0 Å². The predicted molar refractivity (Wildman–Crippen MR) is 200 cm³/mol. The van der Waals surface area contributed by atoms with Crippen molar-refractivity contribution in [1.82, 2.24) is 30.3 Å². The molecule has 2 N–H and O–H groups in total. The van der Waals surface area contributed by atoms with Gasteiger partial charge >= 0.3 is 0 Å². The standard InChI is InChI=1S/C34H43ClN6O2.4ClH/c1-3-39(4-2)24-32(29-11-7-8-16-36-29)40-17-19-41(20-18-40)34(43)31(21-25-12-14-28(35)15-13-25)38-33(42)30-22-26-9-5-6-10-27(26)23-37-30;;;;/h5-16,30-32,37H,3-4,17-24H2,1-2H3,(H,38,42);4*1H. The molecule has 3 heterocycles. The van der Waals surface area contributed by atoms with E-state index in [0.29, 0.717) is 37.5 Å². The average molecular weight is 749 g/mol. The van der Waals surface area contributed by atoms with Crippen LogP contribution >= 0.6 is 61.2 Å². The number of hydrogen-bond acceptors (Lipinski definition) is 6. The van der Waals surface area contributed by atoms with Crippen LogP contribution in [-0.4, -0.2) is 89.4 Å². The molecule has 0 radical (unpaired) electrons. The molecule has 260 valence electrons. The molecule has 1 saturated heterocycles. The summed E-state index contributed by atoms with van der Waals surface area (Å²) in [5, 5.41) is 7.12. The van der Waals surface area contributed by atoms with Crippen LogP contribution in [0.1, 0.15) is 42.3 Å². The lowest BCUT2D eigenvalue weighted by molar-refractivity contribution is -0.138. The molecule has 0 saturated carbocycles. The maximum absolute atomic E-state index is 14.0. The number of fused-ring (bicyclic) bond motifs is 1. The number of pyridine rings is 1. The number of nitrogens with zero attached hydrogens (tertiary/aromatic N) is 4. The molecule has 0 spiro atoms.